The predicted molar refractivity (Wildman–Crippen MR) is 135 cm³/mol. The van der Waals surface area contributed by atoms with E-state index in [4.69, 9.17) is 0 Å². The van der Waals surface area contributed by atoms with E-state index in [0.717, 1.165) is 16.6 Å². The van der Waals surface area contributed by atoms with Crippen molar-refractivity contribution in [1.29, 1.82) is 0 Å². The Morgan fingerprint density at radius 3 is 2.47 bits per heavy atom. The standard InChI is InChI=1S/C27H26N4O3/c1-18-15-22-7-5-6-14-30(22)25(18)26(32)20-10-13-23(24(16-20)31(33)34)29-28-17-19-8-11-21(12-9-19)27(2,3)4/h5-17,29H,1-4H3/b28-17+. The van der Waals surface area contributed by atoms with Gasteiger partial charge in [-0.3, -0.25) is 20.3 Å². The highest BCUT2D eigenvalue weighted by Crippen LogP contribution is 2.28. The molecule has 4 rings (SSSR count). The van der Waals surface area contributed by atoms with Gasteiger partial charge in [-0.05, 0) is 59.4 Å². The highest BCUT2D eigenvalue weighted by atomic mass is 16.6. The van der Waals surface area contributed by atoms with Crippen LogP contribution in [-0.2, 0) is 5.41 Å². The minimum absolute atomic E-state index is 0.0550. The molecule has 0 bridgehead atoms. The first kappa shape index (κ1) is 22.9. The first-order chi connectivity index (χ1) is 16.1. The molecule has 0 saturated heterocycles. The Kier molecular flexibility index (Phi) is 6.03. The highest BCUT2D eigenvalue weighted by Gasteiger charge is 2.21. The average molecular weight is 455 g/mol. The Hall–Kier alpha value is -4.26. The van der Waals surface area contributed by atoms with Gasteiger partial charge in [0, 0.05) is 23.3 Å². The SMILES string of the molecule is Cc1cc2ccccn2c1C(=O)c1ccc(N/N=C/c2ccc(C(C)(C)C)cc2)c([N+](=O)[O-])c1. The zero-order valence-electron chi connectivity index (χ0n) is 19.6. The number of hydrogen-bond acceptors (Lipinski definition) is 5. The van der Waals surface area contributed by atoms with Crippen LogP contribution in [-0.4, -0.2) is 21.3 Å². The van der Waals surface area contributed by atoms with Crippen molar-refractivity contribution >= 4 is 28.9 Å². The zero-order chi connectivity index (χ0) is 24.5. The van der Waals surface area contributed by atoms with Crippen LogP contribution in [0.1, 0.15) is 53.5 Å². The largest absolute Gasteiger partial charge is 0.313 e. The van der Waals surface area contributed by atoms with Gasteiger partial charge >= 0.3 is 0 Å². The van der Waals surface area contributed by atoms with Gasteiger partial charge in [0.05, 0.1) is 16.8 Å². The summed E-state index contributed by atoms with van der Waals surface area (Å²) in [6.45, 7) is 8.29. The minimum Gasteiger partial charge on any atom is -0.313 e. The van der Waals surface area contributed by atoms with Crippen LogP contribution in [0.3, 0.4) is 0 Å². The fourth-order valence-corrected chi connectivity index (χ4v) is 3.85. The van der Waals surface area contributed by atoms with E-state index in [-0.39, 0.29) is 28.1 Å². The number of pyridine rings is 1. The maximum absolute atomic E-state index is 13.2. The molecule has 2 heterocycles. The van der Waals surface area contributed by atoms with Crippen molar-refractivity contribution in [3.63, 3.8) is 0 Å². The number of benzene rings is 2. The molecular formula is C27H26N4O3. The topological polar surface area (TPSA) is 89.0 Å². The summed E-state index contributed by atoms with van der Waals surface area (Å²) >= 11 is 0. The lowest BCUT2D eigenvalue weighted by Crippen LogP contribution is -2.10. The number of ketones is 1. The molecule has 172 valence electrons. The molecule has 7 nitrogen and oxygen atoms in total. The summed E-state index contributed by atoms with van der Waals surface area (Å²) in [6, 6.07) is 19.9. The Balaban J connectivity index is 1.58. The van der Waals surface area contributed by atoms with Gasteiger partial charge in [-0.25, -0.2) is 0 Å². The van der Waals surface area contributed by atoms with Gasteiger partial charge in [0.2, 0.25) is 5.78 Å². The number of carbonyl (C=O) groups excluding carboxylic acids is 1. The molecule has 0 aliphatic rings. The number of nitro benzene ring substituents is 1. The summed E-state index contributed by atoms with van der Waals surface area (Å²) in [7, 11) is 0. The van der Waals surface area contributed by atoms with E-state index in [1.54, 1.807) is 16.7 Å². The van der Waals surface area contributed by atoms with Crippen LogP contribution in [0, 0.1) is 17.0 Å². The summed E-state index contributed by atoms with van der Waals surface area (Å²) < 4.78 is 1.80. The third kappa shape index (κ3) is 4.59. The summed E-state index contributed by atoms with van der Waals surface area (Å²) in [6.07, 6.45) is 3.41. The van der Waals surface area contributed by atoms with Gasteiger partial charge in [-0.2, -0.15) is 5.10 Å². The van der Waals surface area contributed by atoms with Gasteiger partial charge in [-0.15, -0.1) is 0 Å². The molecule has 2 aromatic carbocycles. The number of carbonyl (C=O) groups is 1. The van der Waals surface area contributed by atoms with Gasteiger partial charge in [0.1, 0.15) is 5.69 Å². The fraction of sp³-hybridized carbons (Fsp3) is 0.185. The molecule has 0 fully saturated rings. The molecular weight excluding hydrogens is 428 g/mol. The van der Waals surface area contributed by atoms with E-state index < -0.39 is 4.92 Å². The smallest absolute Gasteiger partial charge is 0.294 e. The number of nitro groups is 1. The quantitative estimate of drug-likeness (QED) is 0.164. The van der Waals surface area contributed by atoms with Crippen molar-refractivity contribution in [3.8, 4) is 0 Å². The Bertz CT molecular complexity index is 1410. The van der Waals surface area contributed by atoms with E-state index in [0.29, 0.717) is 5.69 Å². The number of nitrogens with one attached hydrogen (secondary N) is 1. The molecule has 0 atom stereocenters. The Labute approximate surface area is 197 Å². The van der Waals surface area contributed by atoms with E-state index in [1.807, 2.05) is 61.7 Å². The molecule has 1 N–H and O–H groups in total. The van der Waals surface area contributed by atoms with Crippen molar-refractivity contribution in [3.05, 3.63) is 111 Å². The van der Waals surface area contributed by atoms with Gasteiger partial charge in [0.15, 0.2) is 0 Å². The molecule has 34 heavy (non-hydrogen) atoms. The number of aromatic nitrogens is 1. The molecule has 0 aliphatic carbocycles. The zero-order valence-corrected chi connectivity index (χ0v) is 19.6. The van der Waals surface area contributed by atoms with Crippen LogP contribution >= 0.6 is 0 Å². The second-order valence-electron chi connectivity index (χ2n) is 9.23. The van der Waals surface area contributed by atoms with Crippen LogP contribution < -0.4 is 5.43 Å². The maximum Gasteiger partial charge on any atom is 0.294 e. The number of fused-ring (bicyclic) bond motifs is 1. The first-order valence-corrected chi connectivity index (χ1v) is 10.9. The van der Waals surface area contributed by atoms with Crippen molar-refractivity contribution in [1.82, 2.24) is 4.40 Å². The van der Waals surface area contributed by atoms with Gasteiger partial charge in [0.25, 0.3) is 5.69 Å². The number of anilines is 1. The highest BCUT2D eigenvalue weighted by molar-refractivity contribution is 6.10. The summed E-state index contributed by atoms with van der Waals surface area (Å²) in [4.78, 5) is 24.4. The van der Waals surface area contributed by atoms with E-state index in [9.17, 15) is 14.9 Å². The third-order valence-corrected chi connectivity index (χ3v) is 5.72. The molecule has 0 aliphatic heterocycles. The first-order valence-electron chi connectivity index (χ1n) is 10.9. The molecule has 0 radical (unpaired) electrons. The molecule has 0 unspecified atom stereocenters. The van der Waals surface area contributed by atoms with Crippen molar-refractivity contribution in [2.24, 2.45) is 5.10 Å². The van der Waals surface area contributed by atoms with E-state index in [2.05, 4.69) is 31.3 Å². The lowest BCUT2D eigenvalue weighted by atomic mass is 9.87. The van der Waals surface area contributed by atoms with E-state index >= 15 is 0 Å². The van der Waals surface area contributed by atoms with Gasteiger partial charge in [-0.1, -0.05) is 51.1 Å². The lowest BCUT2D eigenvalue weighted by Gasteiger charge is -2.18. The summed E-state index contributed by atoms with van der Waals surface area (Å²) in [5.74, 6) is -0.277. The number of nitrogens with zero attached hydrogens (tertiary/aromatic N) is 3. The van der Waals surface area contributed by atoms with Crippen LogP contribution in [0.4, 0.5) is 11.4 Å². The molecule has 0 saturated carbocycles. The Morgan fingerprint density at radius 2 is 1.79 bits per heavy atom. The van der Waals surface area contributed by atoms with Crippen molar-refractivity contribution in [2.45, 2.75) is 33.1 Å². The minimum atomic E-state index is -0.518. The third-order valence-electron chi connectivity index (χ3n) is 5.72. The molecule has 0 amide bonds. The second-order valence-corrected chi connectivity index (χ2v) is 9.23. The van der Waals surface area contributed by atoms with Crippen LogP contribution in [0.5, 0.6) is 0 Å². The molecule has 4 aromatic rings. The molecule has 0 spiro atoms. The lowest BCUT2D eigenvalue weighted by molar-refractivity contribution is -0.384. The van der Waals surface area contributed by atoms with Crippen LogP contribution in [0.2, 0.25) is 0 Å². The fourth-order valence-electron chi connectivity index (χ4n) is 3.85. The average Bonchev–Trinajstić information content (AvgIpc) is 3.14. The number of hydrogen-bond donors (Lipinski definition) is 1. The number of aryl methyl sites for hydroxylation is 1. The number of rotatable bonds is 6. The number of hydrazone groups is 1. The normalized spacial score (nSPS) is 11.8. The van der Waals surface area contributed by atoms with E-state index in [1.165, 1.54) is 17.7 Å². The monoisotopic (exact) mass is 454 g/mol. The summed E-state index contributed by atoms with van der Waals surface area (Å²) in [5.41, 5.74) is 7.29. The molecule has 7 heteroatoms. The summed E-state index contributed by atoms with van der Waals surface area (Å²) in [5, 5.41) is 15.9. The predicted octanol–water partition coefficient (Wildman–Crippen LogP) is 6.13. The molecule has 2 aromatic heterocycles. The van der Waals surface area contributed by atoms with Crippen molar-refractivity contribution < 1.29 is 9.72 Å². The van der Waals surface area contributed by atoms with Crippen LogP contribution in [0.15, 0.2) is 78.0 Å². The van der Waals surface area contributed by atoms with Crippen molar-refractivity contribution in [2.75, 3.05) is 5.43 Å². The second kappa shape index (κ2) is 8.94. The Morgan fingerprint density at radius 1 is 1.06 bits per heavy atom. The van der Waals surface area contributed by atoms with Crippen LogP contribution in [0.25, 0.3) is 5.52 Å². The maximum atomic E-state index is 13.2. The van der Waals surface area contributed by atoms with Gasteiger partial charge < -0.3 is 4.40 Å².